The summed E-state index contributed by atoms with van der Waals surface area (Å²) in [4.78, 5) is 34.9. The van der Waals surface area contributed by atoms with E-state index in [1.54, 1.807) is 18.2 Å². The van der Waals surface area contributed by atoms with Crippen molar-refractivity contribution in [3.63, 3.8) is 0 Å². The summed E-state index contributed by atoms with van der Waals surface area (Å²) < 4.78 is 10.2. The molecule has 1 N–H and O–H groups in total. The van der Waals surface area contributed by atoms with Gasteiger partial charge in [0.2, 0.25) is 0 Å². The normalized spacial score (nSPS) is 16.9. The van der Waals surface area contributed by atoms with Crippen LogP contribution in [0.5, 0.6) is 5.75 Å². The Morgan fingerprint density at radius 3 is 2.64 bits per heavy atom. The van der Waals surface area contributed by atoms with Crippen LogP contribution in [0, 0.1) is 0 Å². The Labute approximate surface area is 127 Å². The minimum Gasteiger partial charge on any atom is -0.426 e. The molecule has 0 radical (unpaired) electrons. The zero-order valence-electron chi connectivity index (χ0n) is 12.2. The molecule has 0 spiro atoms. The molecule has 0 bridgehead atoms. The number of allylic oxidation sites excluding steroid dienone is 2. The molecule has 0 saturated heterocycles. The number of ketones is 1. The Kier molecular flexibility index (Phi) is 4.85. The summed E-state index contributed by atoms with van der Waals surface area (Å²) in [7, 11) is 1.47. The molecule has 0 saturated carbocycles. The van der Waals surface area contributed by atoms with Gasteiger partial charge in [0.05, 0.1) is 11.3 Å². The minimum absolute atomic E-state index is 0.153. The van der Waals surface area contributed by atoms with Crippen molar-refractivity contribution in [2.24, 2.45) is 0 Å². The molecule has 1 aliphatic carbocycles. The topological polar surface area (TPSA) is 81.7 Å². The summed E-state index contributed by atoms with van der Waals surface area (Å²) in [6.45, 7) is 1.25. The van der Waals surface area contributed by atoms with Gasteiger partial charge >= 0.3 is 5.97 Å². The average Bonchev–Trinajstić information content (AvgIpc) is 2.47. The summed E-state index contributed by atoms with van der Waals surface area (Å²) in [6.07, 6.45) is 3.70. The van der Waals surface area contributed by atoms with Gasteiger partial charge < -0.3 is 14.8 Å². The summed E-state index contributed by atoms with van der Waals surface area (Å²) in [6, 6.07) is 6.34. The van der Waals surface area contributed by atoms with Crippen molar-refractivity contribution in [1.29, 1.82) is 0 Å². The van der Waals surface area contributed by atoms with E-state index in [9.17, 15) is 14.4 Å². The summed E-state index contributed by atoms with van der Waals surface area (Å²) in [5.41, 5.74) is 0.521. The highest BCUT2D eigenvalue weighted by molar-refractivity contribution is 6.03. The molecule has 1 aromatic rings. The first kappa shape index (κ1) is 15.7. The first-order valence-corrected chi connectivity index (χ1v) is 6.56. The lowest BCUT2D eigenvalue weighted by atomic mass is 10.1. The van der Waals surface area contributed by atoms with Crippen LogP contribution >= 0.6 is 0 Å². The van der Waals surface area contributed by atoms with Crippen molar-refractivity contribution in [2.45, 2.75) is 13.0 Å². The molecule has 6 heteroatoms. The molecule has 2 rings (SSSR count). The van der Waals surface area contributed by atoms with Crippen molar-refractivity contribution in [1.82, 2.24) is 5.32 Å². The maximum absolute atomic E-state index is 12.3. The van der Waals surface area contributed by atoms with Gasteiger partial charge in [0.25, 0.3) is 5.91 Å². The molecule has 0 aliphatic heterocycles. The van der Waals surface area contributed by atoms with Crippen molar-refractivity contribution in [2.75, 3.05) is 7.11 Å². The van der Waals surface area contributed by atoms with Crippen LogP contribution < -0.4 is 10.1 Å². The fourth-order valence-corrected chi connectivity index (χ4v) is 1.98. The SMILES string of the molecule is COC1C=CC(=O)C=C1NC(=O)c1ccccc1OC(C)=O. The van der Waals surface area contributed by atoms with E-state index >= 15 is 0 Å². The van der Waals surface area contributed by atoms with Gasteiger partial charge in [-0.05, 0) is 24.3 Å². The predicted molar refractivity (Wildman–Crippen MR) is 78.2 cm³/mol. The number of carbonyl (C=O) groups excluding carboxylic acids is 3. The fraction of sp³-hybridized carbons (Fsp3) is 0.188. The lowest BCUT2D eigenvalue weighted by Crippen LogP contribution is -2.32. The van der Waals surface area contributed by atoms with Gasteiger partial charge in [-0.15, -0.1) is 0 Å². The van der Waals surface area contributed by atoms with Crippen LogP contribution in [-0.4, -0.2) is 30.9 Å². The molecule has 6 nitrogen and oxygen atoms in total. The Morgan fingerprint density at radius 1 is 1.23 bits per heavy atom. The number of benzene rings is 1. The van der Waals surface area contributed by atoms with Crippen LogP contribution in [-0.2, 0) is 14.3 Å². The number of amides is 1. The molecule has 22 heavy (non-hydrogen) atoms. The number of carbonyl (C=O) groups is 3. The quantitative estimate of drug-likeness (QED) is 0.671. The molecule has 114 valence electrons. The van der Waals surface area contributed by atoms with E-state index in [1.165, 1.54) is 38.3 Å². The van der Waals surface area contributed by atoms with Gasteiger partial charge in [-0.25, -0.2) is 0 Å². The molecule has 1 amide bonds. The number of hydrogen-bond donors (Lipinski definition) is 1. The molecular weight excluding hydrogens is 286 g/mol. The van der Waals surface area contributed by atoms with Gasteiger partial charge in [0.1, 0.15) is 11.9 Å². The second-order valence-corrected chi connectivity index (χ2v) is 4.56. The van der Waals surface area contributed by atoms with Crippen LogP contribution in [0.15, 0.2) is 48.2 Å². The van der Waals surface area contributed by atoms with Crippen LogP contribution in [0.25, 0.3) is 0 Å². The summed E-state index contributed by atoms with van der Waals surface area (Å²) in [5, 5.41) is 2.61. The highest BCUT2D eigenvalue weighted by Crippen LogP contribution is 2.19. The van der Waals surface area contributed by atoms with Crippen molar-refractivity contribution in [3.05, 3.63) is 53.8 Å². The number of methoxy groups -OCH3 is 1. The maximum Gasteiger partial charge on any atom is 0.308 e. The average molecular weight is 301 g/mol. The first-order valence-electron chi connectivity index (χ1n) is 6.56. The van der Waals surface area contributed by atoms with Gasteiger partial charge in [0.15, 0.2) is 5.78 Å². The van der Waals surface area contributed by atoms with Gasteiger partial charge in [-0.3, -0.25) is 14.4 Å². The molecular formula is C16H15NO5. The van der Waals surface area contributed by atoms with Crippen molar-refractivity contribution < 1.29 is 23.9 Å². The van der Waals surface area contributed by atoms with E-state index in [4.69, 9.17) is 9.47 Å². The lowest BCUT2D eigenvalue weighted by Gasteiger charge is -2.19. The molecule has 0 heterocycles. The predicted octanol–water partition coefficient (Wildman–Crippen LogP) is 1.38. The highest BCUT2D eigenvalue weighted by atomic mass is 16.5. The number of rotatable bonds is 4. The third-order valence-corrected chi connectivity index (χ3v) is 2.94. The second-order valence-electron chi connectivity index (χ2n) is 4.56. The molecule has 1 aromatic carbocycles. The monoisotopic (exact) mass is 301 g/mol. The Morgan fingerprint density at radius 2 is 1.95 bits per heavy atom. The van der Waals surface area contributed by atoms with Gasteiger partial charge in [0, 0.05) is 20.1 Å². The summed E-state index contributed by atoms with van der Waals surface area (Å²) in [5.74, 6) is -1.10. The molecule has 0 aromatic heterocycles. The van der Waals surface area contributed by atoms with Crippen LogP contribution in [0.3, 0.4) is 0 Å². The van der Waals surface area contributed by atoms with E-state index in [0.29, 0.717) is 5.70 Å². The van der Waals surface area contributed by atoms with Gasteiger partial charge in [-0.2, -0.15) is 0 Å². The number of para-hydroxylation sites is 1. The zero-order chi connectivity index (χ0) is 16.1. The third-order valence-electron chi connectivity index (χ3n) is 2.94. The maximum atomic E-state index is 12.3. The zero-order valence-corrected chi connectivity index (χ0v) is 12.2. The molecule has 0 fully saturated rings. The van der Waals surface area contributed by atoms with Crippen LogP contribution in [0.1, 0.15) is 17.3 Å². The Balaban J connectivity index is 2.22. The smallest absolute Gasteiger partial charge is 0.308 e. The number of ether oxygens (including phenoxy) is 2. The van der Waals surface area contributed by atoms with E-state index in [0.717, 1.165) is 0 Å². The minimum atomic E-state index is -0.523. The van der Waals surface area contributed by atoms with E-state index in [2.05, 4.69) is 5.32 Å². The number of esters is 1. The van der Waals surface area contributed by atoms with E-state index in [1.807, 2.05) is 0 Å². The molecule has 1 aliphatic rings. The Hall–Kier alpha value is -2.73. The van der Waals surface area contributed by atoms with Crippen molar-refractivity contribution >= 4 is 17.7 Å². The molecule has 1 unspecified atom stereocenters. The highest BCUT2D eigenvalue weighted by Gasteiger charge is 2.21. The van der Waals surface area contributed by atoms with Crippen LogP contribution in [0.2, 0.25) is 0 Å². The number of nitrogens with one attached hydrogen (secondary N) is 1. The largest absolute Gasteiger partial charge is 0.426 e. The van der Waals surface area contributed by atoms with Crippen molar-refractivity contribution in [3.8, 4) is 5.75 Å². The number of hydrogen-bond acceptors (Lipinski definition) is 5. The fourth-order valence-electron chi connectivity index (χ4n) is 1.98. The second kappa shape index (κ2) is 6.82. The summed E-state index contributed by atoms with van der Waals surface area (Å²) >= 11 is 0. The van der Waals surface area contributed by atoms with Crippen LogP contribution in [0.4, 0.5) is 0 Å². The third kappa shape index (κ3) is 3.67. The standard InChI is InChI=1S/C16H15NO5/c1-10(18)22-14-6-4-3-5-12(14)16(20)17-13-9-11(19)7-8-15(13)21-2/h3-9,15H,1-2H3,(H,17,20). The lowest BCUT2D eigenvalue weighted by molar-refractivity contribution is -0.131. The first-order chi connectivity index (χ1) is 10.5. The molecule has 1 atom stereocenters. The van der Waals surface area contributed by atoms with E-state index < -0.39 is 18.0 Å². The van der Waals surface area contributed by atoms with E-state index in [-0.39, 0.29) is 17.1 Å². The Bertz CT molecular complexity index is 675. The van der Waals surface area contributed by atoms with Gasteiger partial charge in [-0.1, -0.05) is 12.1 Å².